The summed E-state index contributed by atoms with van der Waals surface area (Å²) in [5.74, 6) is 0.553. The summed E-state index contributed by atoms with van der Waals surface area (Å²) < 4.78 is 5.97. The molecule has 0 fully saturated rings. The van der Waals surface area contributed by atoms with Gasteiger partial charge >= 0.3 is 0 Å². The molecule has 0 N–H and O–H groups in total. The lowest BCUT2D eigenvalue weighted by atomic mass is 10.1. The van der Waals surface area contributed by atoms with Crippen LogP contribution in [0.15, 0.2) is 70.3 Å². The van der Waals surface area contributed by atoms with Crippen molar-refractivity contribution >= 4 is 22.5 Å². The maximum absolute atomic E-state index is 9.05. The van der Waals surface area contributed by atoms with E-state index in [0.717, 1.165) is 34.5 Å². The molecule has 1 aliphatic heterocycles. The highest BCUT2D eigenvalue weighted by molar-refractivity contribution is 6.04. The van der Waals surface area contributed by atoms with Crippen LogP contribution in [0.5, 0.6) is 0 Å². The number of fused-ring (bicyclic) bond motifs is 2. The Balaban J connectivity index is 1.54. The fourth-order valence-corrected chi connectivity index (χ4v) is 3.14. The van der Waals surface area contributed by atoms with Gasteiger partial charge in [-0.3, -0.25) is 4.98 Å². The summed E-state index contributed by atoms with van der Waals surface area (Å²) in [5, 5.41) is 9.05. The average Bonchev–Trinajstić information content (AvgIpc) is 3.31. The molecular formula is C21H12N4O. The third kappa shape index (κ3) is 2.36. The molecular weight excluding hydrogens is 324 g/mol. The zero-order chi connectivity index (χ0) is 17.5. The summed E-state index contributed by atoms with van der Waals surface area (Å²) >= 11 is 0. The number of benzene rings is 2. The Bertz CT molecular complexity index is 1230. The minimum absolute atomic E-state index is 0.527. The zero-order valence-electron chi connectivity index (χ0n) is 13.7. The number of hydrogen-bond acceptors (Lipinski definition) is 5. The van der Waals surface area contributed by atoms with E-state index in [1.165, 1.54) is 5.56 Å². The number of hydrogen-bond donors (Lipinski definition) is 0. The molecule has 0 aliphatic carbocycles. The molecule has 2 aromatic heterocycles. The van der Waals surface area contributed by atoms with Crippen molar-refractivity contribution < 1.29 is 4.42 Å². The van der Waals surface area contributed by atoms with Gasteiger partial charge in [-0.15, -0.1) is 0 Å². The molecule has 5 nitrogen and oxygen atoms in total. The van der Waals surface area contributed by atoms with Gasteiger partial charge in [-0.05, 0) is 35.4 Å². The van der Waals surface area contributed by atoms with E-state index < -0.39 is 0 Å². The van der Waals surface area contributed by atoms with Crippen molar-refractivity contribution in [2.24, 2.45) is 4.99 Å². The molecule has 26 heavy (non-hydrogen) atoms. The Kier molecular flexibility index (Phi) is 3.16. The van der Waals surface area contributed by atoms with Gasteiger partial charge in [0.2, 0.25) is 5.89 Å². The summed E-state index contributed by atoms with van der Waals surface area (Å²) in [5.41, 5.74) is 6.81. The van der Waals surface area contributed by atoms with E-state index >= 15 is 0 Å². The Hall–Kier alpha value is -3.78. The van der Waals surface area contributed by atoms with Crippen molar-refractivity contribution in [3.05, 3.63) is 77.9 Å². The fourth-order valence-electron chi connectivity index (χ4n) is 3.14. The predicted molar refractivity (Wildman–Crippen MR) is 98.3 cm³/mol. The first-order valence-corrected chi connectivity index (χ1v) is 8.22. The minimum Gasteiger partial charge on any atom is -0.435 e. The molecule has 122 valence electrons. The average molecular weight is 336 g/mol. The number of nitriles is 1. The van der Waals surface area contributed by atoms with E-state index in [9.17, 15) is 0 Å². The second-order valence-corrected chi connectivity index (χ2v) is 6.14. The number of oxazole rings is 1. The lowest BCUT2D eigenvalue weighted by molar-refractivity contribution is 0.589. The van der Waals surface area contributed by atoms with E-state index in [1.54, 1.807) is 12.4 Å². The smallest absolute Gasteiger partial charge is 0.242 e. The molecule has 0 amide bonds. The van der Waals surface area contributed by atoms with Crippen LogP contribution in [0.2, 0.25) is 0 Å². The molecule has 0 bridgehead atoms. The molecule has 0 spiro atoms. The van der Waals surface area contributed by atoms with Gasteiger partial charge in [0.15, 0.2) is 5.58 Å². The number of aliphatic imine (C=N–C) groups is 1. The third-order valence-electron chi connectivity index (χ3n) is 4.44. The van der Waals surface area contributed by atoms with Crippen molar-refractivity contribution in [1.29, 1.82) is 5.26 Å². The van der Waals surface area contributed by atoms with E-state index in [2.05, 4.69) is 27.1 Å². The van der Waals surface area contributed by atoms with Crippen molar-refractivity contribution in [2.75, 3.05) is 0 Å². The normalized spacial score (nSPS) is 12.7. The van der Waals surface area contributed by atoms with Crippen LogP contribution in [0, 0.1) is 11.3 Å². The summed E-state index contributed by atoms with van der Waals surface area (Å²) in [4.78, 5) is 13.3. The van der Waals surface area contributed by atoms with Crippen LogP contribution >= 0.6 is 0 Å². The highest BCUT2D eigenvalue weighted by atomic mass is 16.3. The topological polar surface area (TPSA) is 75.1 Å². The summed E-state index contributed by atoms with van der Waals surface area (Å²) in [6.07, 6.45) is 4.01. The van der Waals surface area contributed by atoms with E-state index in [-0.39, 0.29) is 0 Å². The van der Waals surface area contributed by atoms with Gasteiger partial charge in [0.25, 0.3) is 0 Å². The Morgan fingerprint density at radius 1 is 1.00 bits per heavy atom. The molecule has 0 unspecified atom stereocenters. The van der Waals surface area contributed by atoms with Crippen LogP contribution < -0.4 is 0 Å². The van der Waals surface area contributed by atoms with Gasteiger partial charge in [-0.2, -0.15) is 5.26 Å². The third-order valence-corrected chi connectivity index (χ3v) is 4.44. The lowest BCUT2D eigenvalue weighted by Crippen LogP contribution is -2.00. The zero-order valence-corrected chi connectivity index (χ0v) is 13.7. The van der Waals surface area contributed by atoms with Crippen molar-refractivity contribution in [2.45, 2.75) is 6.42 Å². The van der Waals surface area contributed by atoms with Crippen LogP contribution in [0.3, 0.4) is 0 Å². The van der Waals surface area contributed by atoms with Gasteiger partial charge in [0.05, 0.1) is 11.3 Å². The van der Waals surface area contributed by atoms with E-state index in [4.69, 9.17) is 9.68 Å². The lowest BCUT2D eigenvalue weighted by Gasteiger charge is -2.00. The van der Waals surface area contributed by atoms with E-state index in [1.807, 2.05) is 42.5 Å². The van der Waals surface area contributed by atoms with Crippen molar-refractivity contribution in [3.8, 4) is 17.2 Å². The van der Waals surface area contributed by atoms with Crippen LogP contribution in [-0.4, -0.2) is 15.7 Å². The second kappa shape index (κ2) is 5.64. The van der Waals surface area contributed by atoms with Crippen molar-refractivity contribution in [3.63, 3.8) is 0 Å². The molecule has 0 saturated carbocycles. The highest BCUT2D eigenvalue weighted by Crippen LogP contribution is 2.30. The molecule has 4 aromatic rings. The molecule has 5 heteroatoms. The molecule has 0 atom stereocenters. The van der Waals surface area contributed by atoms with E-state index in [0.29, 0.717) is 17.0 Å². The highest BCUT2D eigenvalue weighted by Gasteiger charge is 2.20. The SMILES string of the molecule is N#Cc1cncc(-c2ccc3nc(C4=Nc5ccccc5C4)oc3c2)c1. The number of para-hydroxylation sites is 1. The first-order chi connectivity index (χ1) is 12.8. The standard InChI is InChI=1S/C21H12N4O/c22-10-13-7-16(12-23-11-13)14-5-6-18-20(9-14)26-21(25-18)19-8-15-3-1-2-4-17(15)24-19/h1-7,9,11-12H,8H2. The molecule has 3 heterocycles. The van der Waals surface area contributed by atoms with Gasteiger partial charge in [0, 0.05) is 24.4 Å². The van der Waals surface area contributed by atoms with Gasteiger partial charge in [-0.1, -0.05) is 24.3 Å². The van der Waals surface area contributed by atoms with Gasteiger partial charge in [0.1, 0.15) is 17.3 Å². The van der Waals surface area contributed by atoms with Gasteiger partial charge < -0.3 is 4.42 Å². The predicted octanol–water partition coefficient (Wildman–Crippen LogP) is 4.44. The number of nitrogens with zero attached hydrogens (tertiary/aromatic N) is 4. The van der Waals surface area contributed by atoms with Crippen molar-refractivity contribution in [1.82, 2.24) is 9.97 Å². The Labute approximate surface area is 149 Å². The number of aromatic nitrogens is 2. The fraction of sp³-hybridized carbons (Fsp3) is 0.0476. The molecule has 2 aromatic carbocycles. The Morgan fingerprint density at radius 3 is 2.81 bits per heavy atom. The maximum atomic E-state index is 9.05. The quantitative estimate of drug-likeness (QED) is 0.542. The first kappa shape index (κ1) is 14.6. The van der Waals surface area contributed by atoms with Crippen LogP contribution in [0.25, 0.3) is 22.2 Å². The minimum atomic E-state index is 0.527. The largest absolute Gasteiger partial charge is 0.435 e. The molecule has 5 rings (SSSR count). The summed E-state index contributed by atoms with van der Waals surface area (Å²) in [6, 6.07) is 17.8. The number of rotatable bonds is 2. The molecule has 0 saturated heterocycles. The summed E-state index contributed by atoms with van der Waals surface area (Å²) in [6.45, 7) is 0. The Morgan fingerprint density at radius 2 is 1.92 bits per heavy atom. The van der Waals surface area contributed by atoms with Crippen LogP contribution in [-0.2, 0) is 6.42 Å². The second-order valence-electron chi connectivity index (χ2n) is 6.14. The monoisotopic (exact) mass is 336 g/mol. The van der Waals surface area contributed by atoms with Crippen LogP contribution in [0.4, 0.5) is 5.69 Å². The van der Waals surface area contributed by atoms with Crippen LogP contribution in [0.1, 0.15) is 17.0 Å². The maximum Gasteiger partial charge on any atom is 0.242 e. The summed E-state index contributed by atoms with van der Waals surface area (Å²) in [7, 11) is 0. The first-order valence-electron chi connectivity index (χ1n) is 8.22. The number of pyridine rings is 1. The molecule has 1 aliphatic rings. The van der Waals surface area contributed by atoms with Gasteiger partial charge in [-0.25, -0.2) is 9.98 Å². The molecule has 0 radical (unpaired) electrons.